The second-order valence-electron chi connectivity index (χ2n) is 4.66. The molecule has 108 valence electrons. The topological polar surface area (TPSA) is 46.9 Å². The first-order valence-electron chi connectivity index (χ1n) is 6.54. The standard InChI is InChI=1S/C14H17ClIN3O/c1-4-17-14(20)9(3)19-12-6-5-10(16)7-11(12)18-13(19)8(2)15/h5-9H,4H2,1-3H3,(H,17,20). The van der Waals surface area contributed by atoms with Gasteiger partial charge >= 0.3 is 0 Å². The van der Waals surface area contributed by atoms with E-state index in [1.165, 1.54) is 0 Å². The van der Waals surface area contributed by atoms with Crippen LogP contribution in [0.15, 0.2) is 18.2 Å². The maximum Gasteiger partial charge on any atom is 0.242 e. The van der Waals surface area contributed by atoms with E-state index < -0.39 is 0 Å². The molecule has 0 spiro atoms. The highest BCUT2D eigenvalue weighted by Crippen LogP contribution is 2.29. The highest BCUT2D eigenvalue weighted by molar-refractivity contribution is 14.1. The number of carbonyl (C=O) groups is 1. The fourth-order valence-corrected chi connectivity index (χ4v) is 2.85. The van der Waals surface area contributed by atoms with Crippen LogP contribution in [-0.4, -0.2) is 22.0 Å². The summed E-state index contributed by atoms with van der Waals surface area (Å²) in [7, 11) is 0. The van der Waals surface area contributed by atoms with Crippen molar-refractivity contribution in [2.75, 3.05) is 6.54 Å². The molecule has 0 aliphatic carbocycles. The van der Waals surface area contributed by atoms with Gasteiger partial charge in [-0.05, 0) is 61.6 Å². The van der Waals surface area contributed by atoms with Crippen molar-refractivity contribution in [2.24, 2.45) is 0 Å². The summed E-state index contributed by atoms with van der Waals surface area (Å²) in [5.41, 5.74) is 1.81. The van der Waals surface area contributed by atoms with Crippen LogP contribution in [0.3, 0.4) is 0 Å². The van der Waals surface area contributed by atoms with E-state index in [9.17, 15) is 4.79 Å². The van der Waals surface area contributed by atoms with E-state index in [1.807, 2.05) is 43.5 Å². The number of likely N-dealkylation sites (N-methyl/N-ethyl adjacent to an activating group) is 1. The number of benzene rings is 1. The van der Waals surface area contributed by atoms with E-state index >= 15 is 0 Å². The molecule has 2 rings (SSSR count). The summed E-state index contributed by atoms with van der Waals surface area (Å²) >= 11 is 8.48. The Bertz CT molecular complexity index is 639. The molecule has 0 bridgehead atoms. The smallest absolute Gasteiger partial charge is 0.242 e. The minimum atomic E-state index is -0.337. The summed E-state index contributed by atoms with van der Waals surface area (Å²) in [6, 6.07) is 5.66. The molecule has 0 saturated heterocycles. The molecule has 0 aliphatic rings. The predicted molar refractivity (Wildman–Crippen MR) is 90.1 cm³/mol. The number of fused-ring (bicyclic) bond motifs is 1. The fraction of sp³-hybridized carbons (Fsp3) is 0.429. The average Bonchev–Trinajstić information content (AvgIpc) is 2.76. The van der Waals surface area contributed by atoms with Gasteiger partial charge in [-0.3, -0.25) is 4.79 Å². The van der Waals surface area contributed by atoms with Crippen molar-refractivity contribution in [1.82, 2.24) is 14.9 Å². The maximum absolute atomic E-state index is 12.1. The Hall–Kier alpha value is -0.820. The zero-order valence-electron chi connectivity index (χ0n) is 11.7. The van der Waals surface area contributed by atoms with Crippen molar-refractivity contribution in [3.8, 4) is 0 Å². The first kappa shape index (κ1) is 15.6. The van der Waals surface area contributed by atoms with Crippen molar-refractivity contribution >= 4 is 51.1 Å². The number of imidazole rings is 1. The van der Waals surface area contributed by atoms with Crippen molar-refractivity contribution in [3.63, 3.8) is 0 Å². The van der Waals surface area contributed by atoms with Crippen LogP contribution in [0.5, 0.6) is 0 Å². The van der Waals surface area contributed by atoms with Gasteiger partial charge in [0.15, 0.2) is 0 Å². The predicted octanol–water partition coefficient (Wildman–Crippen LogP) is 3.64. The lowest BCUT2D eigenvalue weighted by Gasteiger charge is -2.17. The Morgan fingerprint density at radius 1 is 1.50 bits per heavy atom. The molecule has 2 atom stereocenters. The van der Waals surface area contributed by atoms with Gasteiger partial charge in [-0.1, -0.05) is 0 Å². The SMILES string of the molecule is CCNC(=O)C(C)n1c(C(C)Cl)nc2cc(I)ccc21. The normalized spacial score (nSPS) is 14.2. The van der Waals surface area contributed by atoms with Crippen LogP contribution in [0, 0.1) is 3.57 Å². The zero-order chi connectivity index (χ0) is 14.9. The number of aromatic nitrogens is 2. The van der Waals surface area contributed by atoms with Crippen LogP contribution in [0.2, 0.25) is 0 Å². The summed E-state index contributed by atoms with van der Waals surface area (Å²) < 4.78 is 3.04. The van der Waals surface area contributed by atoms with Crippen molar-refractivity contribution < 1.29 is 4.79 Å². The molecule has 0 aliphatic heterocycles. The van der Waals surface area contributed by atoms with Gasteiger partial charge in [0, 0.05) is 10.1 Å². The summed E-state index contributed by atoms with van der Waals surface area (Å²) in [6.07, 6.45) is 0. The lowest BCUT2D eigenvalue weighted by Crippen LogP contribution is -2.31. The maximum atomic E-state index is 12.1. The van der Waals surface area contributed by atoms with Gasteiger partial charge in [0.1, 0.15) is 11.9 Å². The number of carbonyl (C=O) groups excluding carboxylic acids is 1. The molecular weight excluding hydrogens is 389 g/mol. The number of amides is 1. The Morgan fingerprint density at radius 2 is 2.20 bits per heavy atom. The molecule has 2 aromatic rings. The molecule has 6 heteroatoms. The quantitative estimate of drug-likeness (QED) is 0.624. The van der Waals surface area contributed by atoms with Gasteiger partial charge in [0.2, 0.25) is 5.91 Å². The second kappa shape index (κ2) is 6.30. The van der Waals surface area contributed by atoms with Crippen LogP contribution in [-0.2, 0) is 4.79 Å². The van der Waals surface area contributed by atoms with Crippen molar-refractivity contribution in [3.05, 3.63) is 27.6 Å². The third kappa shape index (κ3) is 2.93. The van der Waals surface area contributed by atoms with Gasteiger partial charge in [-0.15, -0.1) is 11.6 Å². The van der Waals surface area contributed by atoms with Gasteiger partial charge in [-0.25, -0.2) is 4.98 Å². The fourth-order valence-electron chi connectivity index (χ4n) is 2.22. The number of nitrogens with one attached hydrogen (secondary N) is 1. The zero-order valence-corrected chi connectivity index (χ0v) is 14.6. The van der Waals surface area contributed by atoms with E-state index in [0.717, 1.165) is 20.4 Å². The molecule has 4 nitrogen and oxygen atoms in total. The first-order valence-corrected chi connectivity index (χ1v) is 8.06. The Kier molecular flexibility index (Phi) is 4.90. The molecule has 0 saturated carbocycles. The summed E-state index contributed by atoms with van der Waals surface area (Å²) in [5, 5.41) is 2.59. The Labute approximate surface area is 137 Å². The highest BCUT2D eigenvalue weighted by Gasteiger charge is 2.23. The Morgan fingerprint density at radius 3 is 2.80 bits per heavy atom. The van der Waals surface area contributed by atoms with Gasteiger partial charge < -0.3 is 9.88 Å². The molecule has 1 amide bonds. The summed E-state index contributed by atoms with van der Waals surface area (Å²) in [5.74, 6) is 0.700. The molecule has 1 aromatic carbocycles. The molecule has 0 fully saturated rings. The highest BCUT2D eigenvalue weighted by atomic mass is 127. The number of hydrogen-bond donors (Lipinski definition) is 1. The monoisotopic (exact) mass is 405 g/mol. The van der Waals surface area contributed by atoms with Crippen molar-refractivity contribution in [2.45, 2.75) is 32.2 Å². The minimum absolute atomic E-state index is 0.0242. The largest absolute Gasteiger partial charge is 0.355 e. The molecule has 2 unspecified atom stereocenters. The third-order valence-corrected chi connectivity index (χ3v) is 4.02. The van der Waals surface area contributed by atoms with E-state index in [-0.39, 0.29) is 17.3 Å². The van der Waals surface area contributed by atoms with E-state index in [4.69, 9.17) is 11.6 Å². The summed E-state index contributed by atoms with van der Waals surface area (Å²) in [6.45, 7) is 6.26. The Balaban J connectivity index is 2.59. The number of rotatable bonds is 4. The van der Waals surface area contributed by atoms with Gasteiger partial charge in [0.25, 0.3) is 0 Å². The molecule has 0 radical (unpaired) electrons. The van der Waals surface area contributed by atoms with E-state index in [1.54, 1.807) is 0 Å². The molecule has 20 heavy (non-hydrogen) atoms. The summed E-state index contributed by atoms with van der Waals surface area (Å²) in [4.78, 5) is 16.7. The van der Waals surface area contributed by atoms with Crippen LogP contribution in [0.4, 0.5) is 0 Å². The first-order chi connectivity index (χ1) is 9.45. The van der Waals surface area contributed by atoms with Crippen LogP contribution < -0.4 is 5.32 Å². The minimum Gasteiger partial charge on any atom is -0.355 e. The number of hydrogen-bond acceptors (Lipinski definition) is 2. The molecule has 1 aromatic heterocycles. The number of halogens is 2. The lowest BCUT2D eigenvalue weighted by atomic mass is 10.2. The van der Waals surface area contributed by atoms with Crippen molar-refractivity contribution in [1.29, 1.82) is 0 Å². The van der Waals surface area contributed by atoms with E-state index in [2.05, 4.69) is 32.9 Å². The lowest BCUT2D eigenvalue weighted by molar-refractivity contribution is -0.123. The van der Waals surface area contributed by atoms with Gasteiger partial charge in [0.05, 0.1) is 16.4 Å². The average molecular weight is 406 g/mol. The second-order valence-corrected chi connectivity index (χ2v) is 6.56. The number of nitrogens with zero attached hydrogens (tertiary/aromatic N) is 2. The van der Waals surface area contributed by atoms with Crippen LogP contribution in [0.1, 0.15) is 38.0 Å². The molecular formula is C14H17ClIN3O. The van der Waals surface area contributed by atoms with Gasteiger partial charge in [-0.2, -0.15) is 0 Å². The van der Waals surface area contributed by atoms with E-state index in [0.29, 0.717) is 6.54 Å². The number of alkyl halides is 1. The molecule has 1 heterocycles. The van der Waals surface area contributed by atoms with Crippen LogP contribution >= 0.6 is 34.2 Å². The van der Waals surface area contributed by atoms with Crippen LogP contribution in [0.25, 0.3) is 11.0 Å². The molecule has 1 N–H and O–H groups in total. The third-order valence-electron chi connectivity index (χ3n) is 3.15.